The maximum absolute atomic E-state index is 5.18. The van der Waals surface area contributed by atoms with E-state index >= 15 is 0 Å². The van der Waals surface area contributed by atoms with Gasteiger partial charge in [-0.2, -0.15) is 9.59 Å². The number of nitrogens with zero attached hydrogens (tertiary/aromatic N) is 13. The fourth-order valence-electron chi connectivity index (χ4n) is 14.0. The van der Waals surface area contributed by atoms with Crippen LogP contribution >= 0.6 is 0 Å². The van der Waals surface area contributed by atoms with Gasteiger partial charge >= 0.3 is 0 Å². The van der Waals surface area contributed by atoms with E-state index in [9.17, 15) is 0 Å². The molecule has 8 heterocycles. The van der Waals surface area contributed by atoms with Gasteiger partial charge in [-0.05, 0) is 137 Å². The van der Waals surface area contributed by atoms with E-state index in [1.807, 2.05) is 170 Å². The number of aromatic nitrogens is 13. The van der Waals surface area contributed by atoms with Crippen molar-refractivity contribution in [3.8, 4) is 124 Å². The molecular formula is C93H59N13. The van der Waals surface area contributed by atoms with Crippen LogP contribution in [0.2, 0.25) is 0 Å². The van der Waals surface area contributed by atoms with Gasteiger partial charge in [0.05, 0.1) is 68.0 Å². The Kier molecular flexibility index (Phi) is 15.9. The van der Waals surface area contributed by atoms with Crippen LogP contribution in [-0.2, 0) is 0 Å². The highest BCUT2D eigenvalue weighted by atomic mass is 15.5. The van der Waals surface area contributed by atoms with Crippen molar-refractivity contribution in [3.05, 3.63) is 358 Å². The molecule has 20 rings (SSSR count). The molecule has 0 unspecified atom stereocenters. The number of para-hydroxylation sites is 4. The zero-order valence-corrected chi connectivity index (χ0v) is 56.9. The van der Waals surface area contributed by atoms with Gasteiger partial charge in [0.15, 0.2) is 5.82 Å². The molecule has 106 heavy (non-hydrogen) atoms. The van der Waals surface area contributed by atoms with Crippen LogP contribution in [0, 0.1) is 0 Å². The molecule has 0 aliphatic heterocycles. The van der Waals surface area contributed by atoms with Crippen LogP contribution in [-0.4, -0.2) is 64.9 Å². The van der Waals surface area contributed by atoms with Gasteiger partial charge in [-0.15, -0.1) is 20.4 Å². The topological polar surface area (TPSA) is 152 Å². The van der Waals surface area contributed by atoms with Crippen molar-refractivity contribution < 1.29 is 0 Å². The summed E-state index contributed by atoms with van der Waals surface area (Å²) in [6.07, 6.45) is 3.58. The Balaban J connectivity index is 0.000000145. The highest BCUT2D eigenvalue weighted by Gasteiger charge is 2.21. The van der Waals surface area contributed by atoms with Crippen LogP contribution < -0.4 is 0 Å². The van der Waals surface area contributed by atoms with Crippen LogP contribution in [0.25, 0.3) is 189 Å². The fourth-order valence-corrected chi connectivity index (χ4v) is 14.0. The first-order valence-corrected chi connectivity index (χ1v) is 35.1. The Morgan fingerprint density at radius 2 is 0.557 bits per heavy atom. The van der Waals surface area contributed by atoms with Gasteiger partial charge in [-0.3, -0.25) is 9.97 Å². The van der Waals surface area contributed by atoms with Gasteiger partial charge in [0.1, 0.15) is 22.1 Å². The lowest BCUT2D eigenvalue weighted by atomic mass is 9.96. The molecule has 0 saturated carbocycles. The molecule has 0 amide bonds. The van der Waals surface area contributed by atoms with E-state index < -0.39 is 0 Å². The fraction of sp³-hybridized carbons (Fsp3) is 0. The van der Waals surface area contributed by atoms with Crippen LogP contribution in [0.4, 0.5) is 0 Å². The highest BCUT2D eigenvalue weighted by molar-refractivity contribution is 6.22. The molecule has 0 spiro atoms. The van der Waals surface area contributed by atoms with Crippen molar-refractivity contribution in [1.82, 2.24) is 64.9 Å². The summed E-state index contributed by atoms with van der Waals surface area (Å²) in [5, 5.41) is 25.9. The van der Waals surface area contributed by atoms with Gasteiger partial charge in [0.25, 0.3) is 0 Å². The largest absolute Gasteiger partial charge is 0.255 e. The molecule has 0 bridgehead atoms. The minimum Gasteiger partial charge on any atom is -0.255 e. The molecule has 13 heteroatoms. The summed E-state index contributed by atoms with van der Waals surface area (Å²) in [7, 11) is 0. The first-order valence-electron chi connectivity index (χ1n) is 35.1. The minimum atomic E-state index is 0.706. The number of hydrogen-bond acceptors (Lipinski definition) is 11. The molecule has 0 fully saturated rings. The summed E-state index contributed by atoms with van der Waals surface area (Å²) in [5.41, 5.74) is 25.7. The minimum absolute atomic E-state index is 0.706. The van der Waals surface area contributed by atoms with Crippen molar-refractivity contribution in [2.24, 2.45) is 0 Å². The third kappa shape index (κ3) is 12.0. The molecule has 0 atom stereocenters. The van der Waals surface area contributed by atoms with E-state index in [1.165, 1.54) is 0 Å². The van der Waals surface area contributed by atoms with Crippen molar-refractivity contribution in [3.63, 3.8) is 0 Å². The molecule has 0 N–H and O–H groups in total. The number of benzene rings is 12. The van der Waals surface area contributed by atoms with Crippen LogP contribution in [0.5, 0.6) is 0 Å². The smallest absolute Gasteiger partial charge is 0.160 e. The van der Waals surface area contributed by atoms with Crippen molar-refractivity contribution in [2.75, 3.05) is 0 Å². The molecule has 496 valence electrons. The Bertz CT molecular complexity index is 6100. The van der Waals surface area contributed by atoms with E-state index in [2.05, 4.69) is 186 Å². The van der Waals surface area contributed by atoms with Crippen molar-refractivity contribution >= 4 is 65.4 Å². The predicted octanol–water partition coefficient (Wildman–Crippen LogP) is 21.9. The molecule has 0 aliphatic rings. The molecule has 0 radical (unpaired) electrons. The Hall–Kier alpha value is -14.7. The molecule has 12 aromatic carbocycles. The monoisotopic (exact) mass is 1360 g/mol. The maximum Gasteiger partial charge on any atom is 0.160 e. The summed E-state index contributed by atoms with van der Waals surface area (Å²) in [4.78, 5) is 37.8. The molecular weight excluding hydrogens is 1300 g/mol. The van der Waals surface area contributed by atoms with Crippen LogP contribution in [0.15, 0.2) is 358 Å². The van der Waals surface area contributed by atoms with Crippen LogP contribution in [0.1, 0.15) is 0 Å². The zero-order chi connectivity index (χ0) is 70.3. The summed E-state index contributed by atoms with van der Waals surface area (Å²) in [5.74, 6) is 0.706. The van der Waals surface area contributed by atoms with Gasteiger partial charge in [0, 0.05) is 72.5 Å². The average molecular weight is 1360 g/mol. The third-order valence-electron chi connectivity index (χ3n) is 19.3. The molecule has 8 aromatic heterocycles. The first-order chi connectivity index (χ1) is 52.5. The second kappa shape index (κ2) is 27.0. The Labute approximate surface area is 608 Å². The van der Waals surface area contributed by atoms with Crippen LogP contribution in [0.3, 0.4) is 0 Å². The number of fused-ring (bicyclic) bond motifs is 10. The quantitative estimate of drug-likeness (QED) is 0.107. The number of rotatable bonds is 12. The van der Waals surface area contributed by atoms with E-state index in [-0.39, 0.29) is 0 Å². The molecule has 0 aliphatic carbocycles. The van der Waals surface area contributed by atoms with Gasteiger partial charge in [0.2, 0.25) is 0 Å². The third-order valence-corrected chi connectivity index (χ3v) is 19.3. The Morgan fingerprint density at radius 1 is 0.198 bits per heavy atom. The van der Waals surface area contributed by atoms with Gasteiger partial charge in [-0.1, -0.05) is 243 Å². The van der Waals surface area contributed by atoms with Gasteiger partial charge in [-0.25, -0.2) is 24.9 Å². The van der Waals surface area contributed by atoms with E-state index in [1.54, 1.807) is 22.0 Å². The normalized spacial score (nSPS) is 11.4. The van der Waals surface area contributed by atoms with Crippen molar-refractivity contribution in [1.29, 1.82) is 0 Å². The first kappa shape index (κ1) is 62.3. The SMILES string of the molecule is c1ccc(-c2cc(-c3ccc(-c4ccc(-c5nc6ccccc6c6c5ccc5nn(-c7ccccc7)nc56)cc4)cc3)nc(-c3ccccc3)n2)cc1.c1ccc(-n2nc3ccc4c(-c5ccc(-c6ccc(-c7cc(-c8ccccn8)nc(-c8ccccn8)c7)cc6)cc5)nc5ccccc5c4c3n2)cc1. The summed E-state index contributed by atoms with van der Waals surface area (Å²) < 4.78 is 0. The summed E-state index contributed by atoms with van der Waals surface area (Å²) >= 11 is 0. The van der Waals surface area contributed by atoms with E-state index in [0.717, 1.165) is 184 Å². The second-order valence-electron chi connectivity index (χ2n) is 25.9. The lowest BCUT2D eigenvalue weighted by Crippen LogP contribution is -1.97. The van der Waals surface area contributed by atoms with E-state index in [0.29, 0.717) is 5.82 Å². The predicted molar refractivity (Wildman–Crippen MR) is 427 cm³/mol. The Morgan fingerprint density at radius 3 is 0.981 bits per heavy atom. The number of pyridine rings is 5. The van der Waals surface area contributed by atoms with E-state index in [4.69, 9.17) is 45.3 Å². The molecule has 20 aromatic rings. The lowest BCUT2D eigenvalue weighted by molar-refractivity contribution is 0.766. The second-order valence-corrected chi connectivity index (χ2v) is 25.9. The lowest BCUT2D eigenvalue weighted by Gasteiger charge is -2.12. The van der Waals surface area contributed by atoms with Crippen molar-refractivity contribution in [2.45, 2.75) is 0 Å². The average Bonchev–Trinajstić information content (AvgIpc) is 1.73. The summed E-state index contributed by atoms with van der Waals surface area (Å²) in [6, 6.07) is 118. The van der Waals surface area contributed by atoms with Gasteiger partial charge < -0.3 is 0 Å². The molecule has 13 nitrogen and oxygen atoms in total. The summed E-state index contributed by atoms with van der Waals surface area (Å²) in [6.45, 7) is 0. The standard InChI is InChI=1S/C47H30N6.C46H29N7/c1-4-12-33(13-5-1)42-30-43(50-47(49-42)36-14-6-2-7-15-36)34-24-20-31(21-25-34)32-22-26-35(27-23-32)45-39-28-29-41-46(44(39)38-18-10-11-19-40(38)48-45)52-53(51-41)37-16-8-3-9-17-37;1-2-10-35(11-3-1)53-51-41-25-24-37-44(46(41)52-53)36-12-4-5-13-38(36)50-45(37)33-22-20-31(21-23-33)30-16-18-32(19-17-30)34-28-42(39-14-6-8-26-47-39)49-43(29-34)40-15-7-9-27-48-40/h1-30H;1-29H. The highest BCUT2D eigenvalue weighted by Crippen LogP contribution is 2.41. The zero-order valence-electron chi connectivity index (χ0n) is 56.9. The maximum atomic E-state index is 5.18. The molecule has 0 saturated heterocycles. The number of hydrogen-bond donors (Lipinski definition) is 0.